The zero-order valence-corrected chi connectivity index (χ0v) is 17.0. The summed E-state index contributed by atoms with van der Waals surface area (Å²) in [5.74, 6) is 1.79. The first kappa shape index (κ1) is 19.7. The van der Waals surface area contributed by atoms with Gasteiger partial charge in [-0.1, -0.05) is 30.3 Å². The fraction of sp³-hybridized carbons (Fsp3) is 0.0909. The third kappa shape index (κ3) is 4.66. The predicted molar refractivity (Wildman–Crippen MR) is 116 cm³/mol. The number of aromatic nitrogens is 4. The minimum Gasteiger partial charge on any atom is -0.497 e. The van der Waals surface area contributed by atoms with E-state index < -0.39 is 0 Å². The van der Waals surface area contributed by atoms with Gasteiger partial charge in [0.1, 0.15) is 5.75 Å². The summed E-state index contributed by atoms with van der Waals surface area (Å²) in [7, 11) is 1.58. The van der Waals surface area contributed by atoms with E-state index in [1.54, 1.807) is 47.8 Å². The van der Waals surface area contributed by atoms with Crippen molar-refractivity contribution in [1.82, 2.24) is 20.2 Å². The van der Waals surface area contributed by atoms with Crippen LogP contribution in [0.1, 0.15) is 16.2 Å². The van der Waals surface area contributed by atoms with Crippen LogP contribution in [0.3, 0.4) is 0 Å². The van der Waals surface area contributed by atoms with Gasteiger partial charge in [-0.3, -0.25) is 4.79 Å². The van der Waals surface area contributed by atoms with E-state index in [1.807, 2.05) is 54.6 Å². The highest BCUT2D eigenvalue weighted by molar-refractivity contribution is 7.98. The van der Waals surface area contributed by atoms with Crippen molar-refractivity contribution < 1.29 is 9.53 Å². The number of tetrazole rings is 1. The normalized spacial score (nSPS) is 10.6. The average Bonchev–Trinajstić information content (AvgIpc) is 3.27. The second kappa shape index (κ2) is 9.23. The highest BCUT2D eigenvalue weighted by Gasteiger charge is 2.10. The SMILES string of the molecule is COc1cccc(C(=O)Nc2cccc(SCc3nnnn3-c3ccccc3)c2)c1. The molecule has 0 aliphatic rings. The highest BCUT2D eigenvalue weighted by atomic mass is 32.2. The molecule has 0 bridgehead atoms. The van der Waals surface area contributed by atoms with E-state index in [0.29, 0.717) is 17.1 Å². The number of nitrogens with one attached hydrogen (secondary N) is 1. The summed E-state index contributed by atoms with van der Waals surface area (Å²) in [6.07, 6.45) is 0. The number of amides is 1. The number of nitrogens with zero attached hydrogens (tertiary/aromatic N) is 4. The van der Waals surface area contributed by atoms with Crippen LogP contribution in [0, 0.1) is 0 Å². The zero-order valence-electron chi connectivity index (χ0n) is 16.2. The van der Waals surface area contributed by atoms with Gasteiger partial charge in [0.2, 0.25) is 0 Å². The van der Waals surface area contributed by atoms with Gasteiger partial charge in [0.25, 0.3) is 5.91 Å². The van der Waals surface area contributed by atoms with Crippen LogP contribution >= 0.6 is 11.8 Å². The van der Waals surface area contributed by atoms with Crippen molar-refractivity contribution in [2.75, 3.05) is 12.4 Å². The van der Waals surface area contributed by atoms with Gasteiger partial charge in [0.15, 0.2) is 5.82 Å². The summed E-state index contributed by atoms with van der Waals surface area (Å²) in [4.78, 5) is 13.5. The van der Waals surface area contributed by atoms with E-state index in [-0.39, 0.29) is 5.91 Å². The van der Waals surface area contributed by atoms with Gasteiger partial charge in [-0.25, -0.2) is 0 Å². The lowest BCUT2D eigenvalue weighted by Crippen LogP contribution is -2.11. The van der Waals surface area contributed by atoms with Crippen molar-refractivity contribution in [2.24, 2.45) is 0 Å². The summed E-state index contributed by atoms with van der Waals surface area (Å²) < 4.78 is 6.91. The molecule has 0 aliphatic carbocycles. The molecule has 1 heterocycles. The summed E-state index contributed by atoms with van der Waals surface area (Å²) in [6, 6.07) is 24.5. The van der Waals surface area contributed by atoms with Crippen molar-refractivity contribution in [3.8, 4) is 11.4 Å². The molecule has 0 radical (unpaired) electrons. The van der Waals surface area contributed by atoms with Crippen LogP contribution in [0.2, 0.25) is 0 Å². The van der Waals surface area contributed by atoms with Crippen LogP contribution in [0.4, 0.5) is 5.69 Å². The molecule has 0 spiro atoms. The number of rotatable bonds is 7. The summed E-state index contributed by atoms with van der Waals surface area (Å²) in [5, 5.41) is 14.9. The van der Waals surface area contributed by atoms with Crippen molar-refractivity contribution in [2.45, 2.75) is 10.6 Å². The maximum Gasteiger partial charge on any atom is 0.255 e. The molecule has 1 amide bonds. The van der Waals surface area contributed by atoms with E-state index in [0.717, 1.165) is 22.1 Å². The predicted octanol–water partition coefficient (Wildman–Crippen LogP) is 4.22. The molecular weight excluding hydrogens is 398 g/mol. The van der Waals surface area contributed by atoms with Gasteiger partial charge in [-0.05, 0) is 59.0 Å². The number of benzene rings is 3. The Morgan fingerprint density at radius 1 is 1.03 bits per heavy atom. The summed E-state index contributed by atoms with van der Waals surface area (Å²) in [5.41, 5.74) is 2.17. The molecule has 0 unspecified atom stereocenters. The van der Waals surface area contributed by atoms with Crippen LogP contribution in [0.5, 0.6) is 5.75 Å². The Hall–Kier alpha value is -3.65. The van der Waals surface area contributed by atoms with Crippen LogP contribution in [0.15, 0.2) is 83.8 Å². The average molecular weight is 417 g/mol. The lowest BCUT2D eigenvalue weighted by Gasteiger charge is -2.09. The number of hydrogen-bond donors (Lipinski definition) is 1. The lowest BCUT2D eigenvalue weighted by atomic mass is 10.2. The number of hydrogen-bond acceptors (Lipinski definition) is 6. The molecule has 150 valence electrons. The highest BCUT2D eigenvalue weighted by Crippen LogP contribution is 2.25. The summed E-state index contributed by atoms with van der Waals surface area (Å²) >= 11 is 1.60. The second-order valence-electron chi connectivity index (χ2n) is 6.35. The maximum absolute atomic E-state index is 12.5. The van der Waals surface area contributed by atoms with E-state index in [1.165, 1.54) is 0 Å². The van der Waals surface area contributed by atoms with Crippen molar-refractivity contribution in [3.63, 3.8) is 0 Å². The number of thioether (sulfide) groups is 1. The fourth-order valence-electron chi connectivity index (χ4n) is 2.84. The number of carbonyl (C=O) groups excluding carboxylic acids is 1. The van der Waals surface area contributed by atoms with Crippen LogP contribution in [-0.4, -0.2) is 33.2 Å². The van der Waals surface area contributed by atoms with Gasteiger partial charge in [-0.2, -0.15) is 4.68 Å². The van der Waals surface area contributed by atoms with Gasteiger partial charge < -0.3 is 10.1 Å². The van der Waals surface area contributed by atoms with Gasteiger partial charge in [0.05, 0.1) is 18.6 Å². The Balaban J connectivity index is 1.43. The van der Waals surface area contributed by atoms with Gasteiger partial charge in [0, 0.05) is 16.1 Å². The molecule has 4 aromatic rings. The Labute approximate surface area is 178 Å². The molecule has 30 heavy (non-hydrogen) atoms. The molecule has 1 aromatic heterocycles. The van der Waals surface area contributed by atoms with Gasteiger partial charge in [-0.15, -0.1) is 16.9 Å². The van der Waals surface area contributed by atoms with Gasteiger partial charge >= 0.3 is 0 Å². The van der Waals surface area contributed by atoms with E-state index >= 15 is 0 Å². The molecule has 0 atom stereocenters. The first-order chi connectivity index (χ1) is 14.7. The largest absolute Gasteiger partial charge is 0.497 e. The Kier molecular flexibility index (Phi) is 6.05. The second-order valence-corrected chi connectivity index (χ2v) is 7.39. The lowest BCUT2D eigenvalue weighted by molar-refractivity contribution is 0.102. The molecular formula is C22H19N5O2S. The first-order valence-corrected chi connectivity index (χ1v) is 10.2. The number of ether oxygens (including phenoxy) is 1. The molecule has 0 aliphatic heterocycles. The molecule has 8 heteroatoms. The minimum absolute atomic E-state index is 0.191. The monoisotopic (exact) mass is 417 g/mol. The molecule has 0 saturated carbocycles. The zero-order chi connectivity index (χ0) is 20.8. The van der Waals surface area contributed by atoms with Crippen molar-refractivity contribution in [3.05, 3.63) is 90.3 Å². The fourth-order valence-corrected chi connectivity index (χ4v) is 3.71. The quantitative estimate of drug-likeness (QED) is 0.454. The number of methoxy groups -OCH3 is 1. The Morgan fingerprint density at radius 3 is 2.70 bits per heavy atom. The van der Waals surface area contributed by atoms with Crippen molar-refractivity contribution in [1.29, 1.82) is 0 Å². The third-order valence-corrected chi connectivity index (χ3v) is 5.32. The first-order valence-electron chi connectivity index (χ1n) is 9.24. The molecule has 7 nitrogen and oxygen atoms in total. The van der Waals surface area contributed by atoms with Crippen LogP contribution in [-0.2, 0) is 5.75 Å². The number of anilines is 1. The van der Waals surface area contributed by atoms with E-state index in [9.17, 15) is 4.79 Å². The van der Waals surface area contributed by atoms with Crippen molar-refractivity contribution >= 4 is 23.4 Å². The molecule has 0 fully saturated rings. The minimum atomic E-state index is -0.191. The molecule has 0 saturated heterocycles. The molecule has 1 N–H and O–H groups in total. The smallest absolute Gasteiger partial charge is 0.255 e. The summed E-state index contributed by atoms with van der Waals surface area (Å²) in [6.45, 7) is 0. The Bertz CT molecular complexity index is 1150. The van der Waals surface area contributed by atoms with E-state index in [2.05, 4.69) is 20.8 Å². The van der Waals surface area contributed by atoms with Crippen LogP contribution in [0.25, 0.3) is 5.69 Å². The van der Waals surface area contributed by atoms with Crippen LogP contribution < -0.4 is 10.1 Å². The molecule has 3 aromatic carbocycles. The standard InChI is InChI=1S/C22H19N5O2S/c1-29-19-11-5-7-16(13-19)22(28)23-17-8-6-12-20(14-17)30-15-21-24-25-26-27(21)18-9-3-2-4-10-18/h2-14H,15H2,1H3,(H,23,28). The maximum atomic E-state index is 12.5. The topological polar surface area (TPSA) is 81.9 Å². The van der Waals surface area contributed by atoms with E-state index in [4.69, 9.17) is 4.74 Å². The third-order valence-electron chi connectivity index (χ3n) is 4.33. The number of carbonyl (C=O) groups is 1. The molecule has 4 rings (SSSR count). The number of para-hydroxylation sites is 1. The Morgan fingerprint density at radius 2 is 1.87 bits per heavy atom.